The molecule has 1 rings (SSSR count). The van der Waals surface area contributed by atoms with E-state index in [2.05, 4.69) is 19.9 Å². The van der Waals surface area contributed by atoms with Crippen LogP contribution in [0, 0.1) is 0 Å². The van der Waals surface area contributed by atoms with E-state index in [1.54, 1.807) is 21.1 Å². The van der Waals surface area contributed by atoms with Crippen LogP contribution in [0.3, 0.4) is 0 Å². The molecule has 1 fully saturated rings. The average Bonchev–Trinajstić information content (AvgIpc) is 2.62. The highest BCUT2D eigenvalue weighted by atomic mass is 127. The molecule has 26 heavy (non-hydrogen) atoms. The molecule has 0 unspecified atom stereocenters. The van der Waals surface area contributed by atoms with E-state index in [1.807, 2.05) is 0 Å². The molecule has 1 aliphatic heterocycles. The first-order valence-corrected chi connectivity index (χ1v) is 10.7. The molecule has 0 aromatic heterocycles. The molecule has 0 aromatic rings. The normalized spacial score (nSPS) is 16.4. The Morgan fingerprint density at radius 2 is 1.88 bits per heavy atom. The van der Waals surface area contributed by atoms with Gasteiger partial charge in [0.1, 0.15) is 0 Å². The first-order chi connectivity index (χ1) is 12.0. The summed E-state index contributed by atoms with van der Waals surface area (Å²) in [6.07, 6.45) is 3.95. The summed E-state index contributed by atoms with van der Waals surface area (Å²) in [7, 11) is 0.373. The number of nitrogens with one attached hydrogen (secondary N) is 2. The number of hydrogen-bond acceptors (Lipinski definition) is 5. The summed E-state index contributed by atoms with van der Waals surface area (Å²) in [5.74, 6) is 0.987. The molecule has 0 bridgehead atoms. The second-order valence-electron chi connectivity index (χ2n) is 6.03. The summed E-state index contributed by atoms with van der Waals surface area (Å²) < 4.78 is 36.2. The minimum Gasteiger partial charge on any atom is -0.385 e. The highest BCUT2D eigenvalue weighted by Gasteiger charge is 2.21. The molecular weight excluding hydrogens is 471 g/mol. The van der Waals surface area contributed by atoms with Crippen molar-refractivity contribution in [1.29, 1.82) is 0 Å². The first kappa shape index (κ1) is 25.8. The van der Waals surface area contributed by atoms with Gasteiger partial charge in [-0.15, -0.1) is 24.0 Å². The van der Waals surface area contributed by atoms with E-state index in [0.717, 1.165) is 57.9 Å². The molecule has 1 heterocycles. The van der Waals surface area contributed by atoms with Gasteiger partial charge in [-0.05, 0) is 32.6 Å². The van der Waals surface area contributed by atoms with Crippen molar-refractivity contribution < 1.29 is 17.9 Å². The summed E-state index contributed by atoms with van der Waals surface area (Å²) in [6.45, 7) is 6.08. The molecule has 8 nitrogen and oxygen atoms in total. The van der Waals surface area contributed by atoms with E-state index in [-0.39, 0.29) is 29.7 Å². The lowest BCUT2D eigenvalue weighted by Gasteiger charge is -2.34. The zero-order chi connectivity index (χ0) is 18.5. The number of guanidine groups is 1. The summed E-state index contributed by atoms with van der Waals surface area (Å²) >= 11 is 0. The van der Waals surface area contributed by atoms with Gasteiger partial charge in [0.25, 0.3) is 0 Å². The Labute approximate surface area is 175 Å². The zero-order valence-electron chi connectivity index (χ0n) is 16.2. The van der Waals surface area contributed by atoms with E-state index in [1.165, 1.54) is 0 Å². The number of ether oxygens (including phenoxy) is 2. The van der Waals surface area contributed by atoms with Gasteiger partial charge in [0, 0.05) is 53.6 Å². The number of halogens is 1. The van der Waals surface area contributed by atoms with Crippen molar-refractivity contribution in [2.45, 2.75) is 38.7 Å². The van der Waals surface area contributed by atoms with Crippen molar-refractivity contribution in [3.8, 4) is 0 Å². The summed E-state index contributed by atoms with van der Waals surface area (Å²) in [6, 6.07) is 0. The molecule has 0 radical (unpaired) electrons. The molecular formula is C16H35IN4O4S. The molecule has 2 N–H and O–H groups in total. The van der Waals surface area contributed by atoms with E-state index in [9.17, 15) is 8.42 Å². The van der Waals surface area contributed by atoms with Crippen molar-refractivity contribution in [3.63, 3.8) is 0 Å². The predicted octanol–water partition coefficient (Wildman–Crippen LogP) is 1.03. The molecule has 1 saturated heterocycles. The maximum Gasteiger partial charge on any atom is 0.211 e. The maximum absolute atomic E-state index is 11.4. The van der Waals surface area contributed by atoms with Gasteiger partial charge in [0.05, 0.1) is 11.9 Å². The Hall–Kier alpha value is -0.170. The van der Waals surface area contributed by atoms with Crippen molar-refractivity contribution in [3.05, 3.63) is 0 Å². The third kappa shape index (κ3) is 10.9. The van der Waals surface area contributed by atoms with Crippen LogP contribution >= 0.6 is 24.0 Å². The topological polar surface area (TPSA) is 92.3 Å². The first-order valence-electron chi connectivity index (χ1n) is 9.06. The fourth-order valence-electron chi connectivity index (χ4n) is 2.64. The summed E-state index contributed by atoms with van der Waals surface area (Å²) in [5.41, 5.74) is 0. The van der Waals surface area contributed by atoms with Crippen LogP contribution in [0.5, 0.6) is 0 Å². The van der Waals surface area contributed by atoms with Crippen LogP contribution in [-0.2, 0) is 19.5 Å². The van der Waals surface area contributed by atoms with Crippen LogP contribution in [0.15, 0.2) is 4.99 Å². The second-order valence-corrected chi connectivity index (χ2v) is 8.12. The average molecular weight is 506 g/mol. The third-order valence-corrected chi connectivity index (χ3v) is 5.54. The third-order valence-electron chi connectivity index (χ3n) is 4.14. The lowest BCUT2D eigenvalue weighted by atomic mass is 10.1. The minimum absolute atomic E-state index is 0. The minimum atomic E-state index is -3.10. The Kier molecular flexibility index (Phi) is 14.7. The van der Waals surface area contributed by atoms with Crippen LogP contribution in [0.2, 0.25) is 0 Å². The molecule has 10 heteroatoms. The van der Waals surface area contributed by atoms with Crippen molar-refractivity contribution >= 4 is 40.0 Å². The van der Waals surface area contributed by atoms with Crippen LogP contribution in [0.1, 0.15) is 32.6 Å². The van der Waals surface area contributed by atoms with E-state index in [0.29, 0.717) is 19.2 Å². The largest absolute Gasteiger partial charge is 0.385 e. The van der Waals surface area contributed by atoms with Gasteiger partial charge in [0.2, 0.25) is 10.0 Å². The molecule has 0 aromatic carbocycles. The molecule has 0 amide bonds. The van der Waals surface area contributed by atoms with Gasteiger partial charge in [-0.1, -0.05) is 0 Å². The molecule has 0 saturated carbocycles. The van der Waals surface area contributed by atoms with Gasteiger partial charge in [0.15, 0.2) is 5.96 Å². The number of piperidine rings is 1. The monoisotopic (exact) mass is 506 g/mol. The quantitative estimate of drug-likeness (QED) is 0.188. The van der Waals surface area contributed by atoms with E-state index < -0.39 is 10.0 Å². The second kappa shape index (κ2) is 14.8. The van der Waals surface area contributed by atoms with Gasteiger partial charge in [-0.2, -0.15) is 0 Å². The Balaban J connectivity index is 0.00000625. The molecule has 0 aliphatic carbocycles. The van der Waals surface area contributed by atoms with E-state index >= 15 is 0 Å². The van der Waals surface area contributed by atoms with Crippen molar-refractivity contribution in [1.82, 2.24) is 14.9 Å². The fourth-order valence-corrected chi connectivity index (χ4v) is 3.30. The van der Waals surface area contributed by atoms with Crippen LogP contribution in [0.25, 0.3) is 0 Å². The molecule has 156 valence electrons. The van der Waals surface area contributed by atoms with E-state index in [4.69, 9.17) is 9.47 Å². The van der Waals surface area contributed by atoms with Gasteiger partial charge in [-0.25, -0.2) is 13.1 Å². The Morgan fingerprint density at radius 3 is 2.46 bits per heavy atom. The van der Waals surface area contributed by atoms with Gasteiger partial charge in [-0.3, -0.25) is 4.99 Å². The van der Waals surface area contributed by atoms with Gasteiger partial charge < -0.3 is 19.7 Å². The van der Waals surface area contributed by atoms with Crippen molar-refractivity contribution in [2.24, 2.45) is 4.99 Å². The molecule has 0 spiro atoms. The molecule has 1 aliphatic rings. The number of aliphatic imine (C=N–C) groups is 1. The predicted molar refractivity (Wildman–Crippen MR) is 116 cm³/mol. The number of likely N-dealkylation sites (tertiary alicyclic amines) is 1. The van der Waals surface area contributed by atoms with Crippen molar-refractivity contribution in [2.75, 3.05) is 59.3 Å². The Morgan fingerprint density at radius 1 is 1.19 bits per heavy atom. The lowest BCUT2D eigenvalue weighted by molar-refractivity contribution is 0.00991. The number of methoxy groups -OCH3 is 1. The number of hydrogen-bond donors (Lipinski definition) is 2. The number of sulfonamides is 1. The Bertz CT molecular complexity index is 483. The highest BCUT2D eigenvalue weighted by molar-refractivity contribution is 14.0. The summed E-state index contributed by atoms with van der Waals surface area (Å²) in [5, 5.41) is 3.30. The van der Waals surface area contributed by atoms with Crippen LogP contribution < -0.4 is 10.0 Å². The maximum atomic E-state index is 11.4. The lowest BCUT2D eigenvalue weighted by Crippen LogP contribution is -2.47. The smallest absolute Gasteiger partial charge is 0.211 e. The van der Waals surface area contributed by atoms with Crippen LogP contribution in [0.4, 0.5) is 0 Å². The number of nitrogens with zero attached hydrogens (tertiary/aromatic N) is 2. The highest BCUT2D eigenvalue weighted by Crippen LogP contribution is 2.14. The zero-order valence-corrected chi connectivity index (χ0v) is 19.3. The fraction of sp³-hybridized carbons (Fsp3) is 0.938. The van der Waals surface area contributed by atoms with Gasteiger partial charge >= 0.3 is 0 Å². The molecule has 0 atom stereocenters. The standard InChI is InChI=1S/C16H34N4O4S.HI/c1-4-25(21,22)19-10-5-9-18-16(17-2)20-11-7-15(8-12-20)24-14-6-13-23-3;/h15,19H,4-14H2,1-3H3,(H,17,18);1H. The summed E-state index contributed by atoms with van der Waals surface area (Å²) in [4.78, 5) is 6.55. The SMILES string of the molecule is CCS(=O)(=O)NCCCNC(=NC)N1CCC(OCCCOC)CC1.I. The number of rotatable bonds is 11. The van der Waals surface area contributed by atoms with Crippen LogP contribution in [-0.4, -0.2) is 84.7 Å².